The second kappa shape index (κ2) is 4.52. The van der Waals surface area contributed by atoms with Crippen molar-refractivity contribution in [3.05, 3.63) is 0 Å². The van der Waals surface area contributed by atoms with Gasteiger partial charge in [-0.3, -0.25) is 9.69 Å². The van der Waals surface area contributed by atoms with E-state index in [2.05, 4.69) is 11.8 Å². The molecular formula is C12H21NO2. The van der Waals surface area contributed by atoms with Crippen molar-refractivity contribution in [3.63, 3.8) is 0 Å². The lowest BCUT2D eigenvalue weighted by molar-refractivity contribution is -0.144. The highest BCUT2D eigenvalue weighted by molar-refractivity contribution is 5.74. The fourth-order valence-corrected chi connectivity index (χ4v) is 3.18. The molecule has 3 nitrogen and oxygen atoms in total. The van der Waals surface area contributed by atoms with Gasteiger partial charge in [-0.15, -0.1) is 0 Å². The minimum absolute atomic E-state index is 0.215. The van der Waals surface area contributed by atoms with Gasteiger partial charge in [0.25, 0.3) is 0 Å². The molecule has 2 rings (SSSR count). The third-order valence-corrected chi connectivity index (χ3v) is 4.04. The summed E-state index contributed by atoms with van der Waals surface area (Å²) in [5.41, 5.74) is 0. The van der Waals surface area contributed by atoms with Gasteiger partial charge < -0.3 is 5.11 Å². The van der Waals surface area contributed by atoms with Crippen LogP contribution in [0.15, 0.2) is 0 Å². The zero-order valence-corrected chi connectivity index (χ0v) is 9.48. The summed E-state index contributed by atoms with van der Waals surface area (Å²) in [6.07, 6.45) is 7.35. The van der Waals surface area contributed by atoms with Gasteiger partial charge in [0, 0.05) is 6.04 Å². The Kier molecular flexibility index (Phi) is 3.29. The van der Waals surface area contributed by atoms with Crippen LogP contribution < -0.4 is 0 Å². The SMILES string of the molecule is CC1CCN(C2CCCCC2)C1C(=O)O. The van der Waals surface area contributed by atoms with Crippen molar-refractivity contribution >= 4 is 5.97 Å². The van der Waals surface area contributed by atoms with Gasteiger partial charge in [-0.1, -0.05) is 26.2 Å². The molecule has 3 heteroatoms. The number of rotatable bonds is 2. The van der Waals surface area contributed by atoms with E-state index in [-0.39, 0.29) is 6.04 Å². The molecule has 1 aliphatic carbocycles. The Morgan fingerprint density at radius 2 is 1.87 bits per heavy atom. The van der Waals surface area contributed by atoms with Gasteiger partial charge in [0.05, 0.1) is 0 Å². The van der Waals surface area contributed by atoms with E-state index in [0.717, 1.165) is 13.0 Å². The first kappa shape index (κ1) is 10.9. The summed E-state index contributed by atoms with van der Waals surface area (Å²) in [5.74, 6) is -0.296. The van der Waals surface area contributed by atoms with Gasteiger partial charge in [-0.25, -0.2) is 0 Å². The van der Waals surface area contributed by atoms with Gasteiger partial charge in [0.2, 0.25) is 0 Å². The number of nitrogens with zero attached hydrogens (tertiary/aromatic N) is 1. The molecule has 86 valence electrons. The average Bonchev–Trinajstić information content (AvgIpc) is 2.61. The molecule has 1 N–H and O–H groups in total. The maximum absolute atomic E-state index is 11.2. The molecule has 2 atom stereocenters. The fourth-order valence-electron chi connectivity index (χ4n) is 3.18. The van der Waals surface area contributed by atoms with Crippen LogP contribution in [0.25, 0.3) is 0 Å². The average molecular weight is 211 g/mol. The van der Waals surface area contributed by atoms with Crippen molar-refractivity contribution in [2.75, 3.05) is 6.54 Å². The number of hydrogen-bond donors (Lipinski definition) is 1. The molecule has 2 aliphatic rings. The summed E-state index contributed by atoms with van der Waals surface area (Å²) < 4.78 is 0. The molecule has 2 fully saturated rings. The molecule has 0 radical (unpaired) electrons. The number of carboxylic acids is 1. The third kappa shape index (κ3) is 2.17. The predicted molar refractivity (Wildman–Crippen MR) is 58.8 cm³/mol. The largest absolute Gasteiger partial charge is 0.480 e. The molecule has 0 amide bonds. The van der Waals surface area contributed by atoms with E-state index >= 15 is 0 Å². The molecule has 0 bridgehead atoms. The van der Waals surface area contributed by atoms with Crippen LogP contribution in [-0.4, -0.2) is 34.6 Å². The zero-order valence-electron chi connectivity index (χ0n) is 9.48. The number of carbonyl (C=O) groups is 1. The molecule has 2 unspecified atom stereocenters. The van der Waals surface area contributed by atoms with Crippen LogP contribution in [-0.2, 0) is 4.79 Å². The number of hydrogen-bond acceptors (Lipinski definition) is 2. The van der Waals surface area contributed by atoms with Gasteiger partial charge in [-0.2, -0.15) is 0 Å². The number of carboxylic acid groups (broad SMARTS) is 1. The molecule has 1 aliphatic heterocycles. The Morgan fingerprint density at radius 1 is 1.20 bits per heavy atom. The van der Waals surface area contributed by atoms with Crippen molar-refractivity contribution in [2.45, 2.75) is 57.5 Å². The first-order valence-corrected chi connectivity index (χ1v) is 6.18. The van der Waals surface area contributed by atoms with Crippen LogP contribution in [0.5, 0.6) is 0 Å². The molecule has 0 aromatic carbocycles. The summed E-state index contributed by atoms with van der Waals surface area (Å²) >= 11 is 0. The summed E-state index contributed by atoms with van der Waals surface area (Å²) in [6, 6.07) is 0.331. The normalized spacial score (nSPS) is 34.5. The first-order valence-electron chi connectivity index (χ1n) is 6.18. The van der Waals surface area contributed by atoms with E-state index in [1.165, 1.54) is 32.1 Å². The van der Waals surface area contributed by atoms with Crippen molar-refractivity contribution in [1.29, 1.82) is 0 Å². The maximum atomic E-state index is 11.2. The minimum Gasteiger partial charge on any atom is -0.480 e. The quantitative estimate of drug-likeness (QED) is 0.760. The minimum atomic E-state index is -0.620. The zero-order chi connectivity index (χ0) is 10.8. The molecule has 0 aromatic heterocycles. The van der Waals surface area contributed by atoms with E-state index in [4.69, 9.17) is 0 Å². The maximum Gasteiger partial charge on any atom is 0.321 e. The Hall–Kier alpha value is -0.570. The predicted octanol–water partition coefficient (Wildman–Crippen LogP) is 2.11. The summed E-state index contributed by atoms with van der Waals surface area (Å²) in [6.45, 7) is 3.06. The fraction of sp³-hybridized carbons (Fsp3) is 0.917. The van der Waals surface area contributed by atoms with Crippen LogP contribution in [0.2, 0.25) is 0 Å². The Labute approximate surface area is 91.5 Å². The Morgan fingerprint density at radius 3 is 2.47 bits per heavy atom. The van der Waals surface area contributed by atoms with E-state index in [0.29, 0.717) is 12.0 Å². The van der Waals surface area contributed by atoms with Crippen molar-refractivity contribution in [1.82, 2.24) is 4.90 Å². The van der Waals surface area contributed by atoms with E-state index < -0.39 is 5.97 Å². The van der Waals surface area contributed by atoms with Crippen molar-refractivity contribution in [3.8, 4) is 0 Å². The standard InChI is InChI=1S/C12H21NO2/c1-9-7-8-13(11(9)12(14)15)10-5-3-2-4-6-10/h9-11H,2-8H2,1H3,(H,14,15). The van der Waals surface area contributed by atoms with Crippen LogP contribution in [0.3, 0.4) is 0 Å². The molecular weight excluding hydrogens is 190 g/mol. The number of aliphatic carboxylic acids is 1. The van der Waals surface area contributed by atoms with Crippen molar-refractivity contribution in [2.24, 2.45) is 5.92 Å². The summed E-state index contributed by atoms with van der Waals surface area (Å²) in [7, 11) is 0. The van der Waals surface area contributed by atoms with E-state index in [9.17, 15) is 9.90 Å². The summed E-state index contributed by atoms with van der Waals surface area (Å²) in [4.78, 5) is 13.5. The highest BCUT2D eigenvalue weighted by atomic mass is 16.4. The van der Waals surface area contributed by atoms with Crippen LogP contribution in [0, 0.1) is 5.92 Å². The monoisotopic (exact) mass is 211 g/mol. The smallest absolute Gasteiger partial charge is 0.321 e. The second-order valence-corrected chi connectivity index (χ2v) is 5.08. The van der Waals surface area contributed by atoms with Gasteiger partial charge >= 0.3 is 5.97 Å². The van der Waals surface area contributed by atoms with E-state index in [1.807, 2.05) is 0 Å². The van der Waals surface area contributed by atoms with E-state index in [1.54, 1.807) is 0 Å². The lowest BCUT2D eigenvalue weighted by atomic mass is 9.93. The summed E-state index contributed by atoms with van der Waals surface area (Å²) in [5, 5.41) is 9.24. The van der Waals surface area contributed by atoms with Crippen LogP contribution in [0.4, 0.5) is 0 Å². The Balaban J connectivity index is 2.03. The molecule has 0 spiro atoms. The lowest BCUT2D eigenvalue weighted by Crippen LogP contribution is -2.45. The topological polar surface area (TPSA) is 40.5 Å². The molecule has 15 heavy (non-hydrogen) atoms. The molecule has 1 heterocycles. The van der Waals surface area contributed by atoms with Gasteiger partial charge in [0.15, 0.2) is 0 Å². The molecule has 1 saturated carbocycles. The second-order valence-electron chi connectivity index (χ2n) is 5.08. The van der Waals surface area contributed by atoms with Gasteiger partial charge in [-0.05, 0) is 31.7 Å². The third-order valence-electron chi connectivity index (χ3n) is 4.04. The highest BCUT2D eigenvalue weighted by Crippen LogP contribution is 2.32. The van der Waals surface area contributed by atoms with Crippen molar-refractivity contribution < 1.29 is 9.90 Å². The first-order chi connectivity index (χ1) is 7.20. The Bertz CT molecular complexity index is 236. The van der Waals surface area contributed by atoms with Crippen LogP contribution >= 0.6 is 0 Å². The highest BCUT2D eigenvalue weighted by Gasteiger charge is 2.40. The van der Waals surface area contributed by atoms with Crippen LogP contribution in [0.1, 0.15) is 45.4 Å². The number of likely N-dealkylation sites (tertiary alicyclic amines) is 1. The van der Waals surface area contributed by atoms with Gasteiger partial charge in [0.1, 0.15) is 6.04 Å². The molecule has 1 saturated heterocycles. The molecule has 0 aromatic rings. The lowest BCUT2D eigenvalue weighted by Gasteiger charge is -2.34.